The maximum Gasteiger partial charge on any atom is 0.350 e. The van der Waals surface area contributed by atoms with E-state index < -0.39 is 5.60 Å². The van der Waals surface area contributed by atoms with Crippen LogP contribution in [0.25, 0.3) is 5.65 Å². The summed E-state index contributed by atoms with van der Waals surface area (Å²) in [5.74, 6) is 0. The van der Waals surface area contributed by atoms with Gasteiger partial charge in [0.05, 0.1) is 12.1 Å². The Kier molecular flexibility index (Phi) is 3.35. The average molecular weight is 276 g/mol. The fourth-order valence-corrected chi connectivity index (χ4v) is 2.61. The largest absolute Gasteiger partial charge is 0.390 e. The Hall–Kier alpha value is -1.66. The predicted octanol–water partition coefficient (Wildman–Crippen LogP) is 0.343. The van der Waals surface area contributed by atoms with E-state index in [4.69, 9.17) is 0 Å². The Balaban J connectivity index is 1.66. The summed E-state index contributed by atoms with van der Waals surface area (Å²) < 4.78 is 3.07. The molecular weight excluding hydrogens is 256 g/mol. The third-order valence-corrected chi connectivity index (χ3v) is 4.05. The molecule has 1 N–H and O–H groups in total. The van der Waals surface area contributed by atoms with Crippen LogP contribution in [-0.2, 0) is 6.54 Å². The highest BCUT2D eigenvalue weighted by molar-refractivity contribution is 5.35. The van der Waals surface area contributed by atoms with Crippen LogP contribution in [0, 0.1) is 0 Å². The number of nitrogens with zero attached hydrogens (tertiary/aromatic N) is 4. The van der Waals surface area contributed by atoms with Crippen LogP contribution in [0.15, 0.2) is 29.2 Å². The van der Waals surface area contributed by atoms with E-state index in [1.54, 1.807) is 10.6 Å². The fraction of sp³-hybridized carbons (Fsp3) is 0.571. The molecule has 0 spiro atoms. The summed E-state index contributed by atoms with van der Waals surface area (Å²) in [5.41, 5.74) is 0.0554. The van der Waals surface area contributed by atoms with Gasteiger partial charge in [-0.3, -0.25) is 4.40 Å². The van der Waals surface area contributed by atoms with Crippen LogP contribution in [-0.4, -0.2) is 49.4 Å². The first kappa shape index (κ1) is 13.3. The highest BCUT2D eigenvalue weighted by Crippen LogP contribution is 2.20. The molecule has 0 atom stereocenters. The topological polar surface area (TPSA) is 62.8 Å². The van der Waals surface area contributed by atoms with Gasteiger partial charge in [0.2, 0.25) is 0 Å². The van der Waals surface area contributed by atoms with Gasteiger partial charge < -0.3 is 10.0 Å². The first-order chi connectivity index (χ1) is 9.55. The number of pyridine rings is 1. The van der Waals surface area contributed by atoms with Crippen molar-refractivity contribution in [3.8, 4) is 0 Å². The third-order valence-electron chi connectivity index (χ3n) is 4.05. The van der Waals surface area contributed by atoms with Crippen molar-refractivity contribution in [1.82, 2.24) is 19.1 Å². The normalized spacial score (nSPS) is 19.5. The molecule has 0 radical (unpaired) electrons. The van der Waals surface area contributed by atoms with E-state index in [1.807, 2.05) is 25.1 Å². The monoisotopic (exact) mass is 276 g/mol. The zero-order valence-corrected chi connectivity index (χ0v) is 11.7. The van der Waals surface area contributed by atoms with Crippen molar-refractivity contribution in [3.05, 3.63) is 34.9 Å². The van der Waals surface area contributed by atoms with Crippen LogP contribution in [0.1, 0.15) is 19.8 Å². The minimum Gasteiger partial charge on any atom is -0.390 e. The number of likely N-dealkylation sites (tertiary alicyclic amines) is 1. The summed E-state index contributed by atoms with van der Waals surface area (Å²) in [7, 11) is 0. The van der Waals surface area contributed by atoms with Gasteiger partial charge in [-0.25, -0.2) is 9.48 Å². The van der Waals surface area contributed by atoms with Gasteiger partial charge in [0.25, 0.3) is 0 Å². The van der Waals surface area contributed by atoms with Crippen molar-refractivity contribution in [1.29, 1.82) is 0 Å². The summed E-state index contributed by atoms with van der Waals surface area (Å²) in [6.45, 7) is 5.00. The molecule has 1 aliphatic heterocycles. The number of rotatable bonds is 3. The Labute approximate surface area is 117 Å². The second kappa shape index (κ2) is 5.03. The van der Waals surface area contributed by atoms with Crippen molar-refractivity contribution in [2.45, 2.75) is 31.9 Å². The van der Waals surface area contributed by atoms with Gasteiger partial charge in [-0.15, -0.1) is 5.10 Å². The van der Waals surface area contributed by atoms with Crippen molar-refractivity contribution in [2.24, 2.45) is 0 Å². The van der Waals surface area contributed by atoms with Crippen LogP contribution >= 0.6 is 0 Å². The standard InChI is InChI=1S/C14H20N4O2/c1-14(20)5-8-16(9-6-14)10-11-18-13(19)17-7-3-2-4-12(17)15-18/h2-4,7,20H,5-6,8-11H2,1H3. The lowest BCUT2D eigenvalue weighted by Crippen LogP contribution is -2.44. The van der Waals surface area contributed by atoms with E-state index in [1.165, 1.54) is 4.68 Å². The molecule has 1 fully saturated rings. The molecule has 6 nitrogen and oxygen atoms in total. The smallest absolute Gasteiger partial charge is 0.350 e. The van der Waals surface area contributed by atoms with E-state index in [2.05, 4.69) is 10.00 Å². The molecule has 3 heterocycles. The van der Waals surface area contributed by atoms with Gasteiger partial charge in [0, 0.05) is 25.8 Å². The zero-order valence-electron chi connectivity index (χ0n) is 11.7. The van der Waals surface area contributed by atoms with Gasteiger partial charge in [0.1, 0.15) is 0 Å². The van der Waals surface area contributed by atoms with E-state index in [-0.39, 0.29) is 5.69 Å². The number of hydrogen-bond donors (Lipinski definition) is 1. The molecule has 2 aromatic rings. The molecule has 3 rings (SSSR count). The fourth-order valence-electron chi connectivity index (χ4n) is 2.61. The van der Waals surface area contributed by atoms with Gasteiger partial charge in [-0.05, 0) is 31.9 Å². The summed E-state index contributed by atoms with van der Waals surface area (Å²) >= 11 is 0. The zero-order chi connectivity index (χ0) is 14.2. The molecule has 2 aromatic heterocycles. The molecule has 1 aliphatic rings. The van der Waals surface area contributed by atoms with E-state index >= 15 is 0 Å². The molecule has 0 aromatic carbocycles. The van der Waals surface area contributed by atoms with Crippen LogP contribution in [0.3, 0.4) is 0 Å². The first-order valence-electron chi connectivity index (χ1n) is 7.04. The van der Waals surface area contributed by atoms with Crippen molar-refractivity contribution in [2.75, 3.05) is 19.6 Å². The maximum absolute atomic E-state index is 12.1. The van der Waals surface area contributed by atoms with Crippen LogP contribution in [0.4, 0.5) is 0 Å². The molecule has 6 heteroatoms. The Morgan fingerprint density at radius 1 is 1.30 bits per heavy atom. The summed E-state index contributed by atoms with van der Waals surface area (Å²) in [6, 6.07) is 5.53. The van der Waals surface area contributed by atoms with Gasteiger partial charge >= 0.3 is 5.69 Å². The average Bonchev–Trinajstić information content (AvgIpc) is 2.75. The third kappa shape index (κ3) is 2.62. The Morgan fingerprint density at radius 3 is 2.75 bits per heavy atom. The van der Waals surface area contributed by atoms with Gasteiger partial charge in [-0.2, -0.15) is 0 Å². The highest BCUT2D eigenvalue weighted by atomic mass is 16.3. The SMILES string of the molecule is CC1(O)CCN(CCn2nc3ccccn3c2=O)CC1. The minimum absolute atomic E-state index is 0.0930. The number of aromatic nitrogens is 3. The van der Waals surface area contributed by atoms with Crippen molar-refractivity contribution in [3.63, 3.8) is 0 Å². The molecule has 0 aliphatic carbocycles. The number of aliphatic hydroxyl groups is 1. The molecule has 20 heavy (non-hydrogen) atoms. The van der Waals surface area contributed by atoms with E-state index in [9.17, 15) is 9.90 Å². The lowest BCUT2D eigenvalue weighted by atomic mass is 9.94. The van der Waals surface area contributed by atoms with Crippen molar-refractivity contribution < 1.29 is 5.11 Å². The van der Waals surface area contributed by atoms with Crippen LogP contribution < -0.4 is 5.69 Å². The van der Waals surface area contributed by atoms with Crippen molar-refractivity contribution >= 4 is 5.65 Å². The molecule has 0 saturated carbocycles. The summed E-state index contributed by atoms with van der Waals surface area (Å²) in [5, 5.41) is 14.2. The first-order valence-corrected chi connectivity index (χ1v) is 7.04. The van der Waals surface area contributed by atoms with E-state index in [0.717, 1.165) is 32.5 Å². The predicted molar refractivity (Wildman–Crippen MR) is 75.7 cm³/mol. The van der Waals surface area contributed by atoms with E-state index in [0.29, 0.717) is 12.2 Å². The Morgan fingerprint density at radius 2 is 2.05 bits per heavy atom. The molecule has 1 saturated heterocycles. The summed E-state index contributed by atoms with van der Waals surface area (Å²) in [4.78, 5) is 14.4. The number of fused-ring (bicyclic) bond motifs is 1. The van der Waals surface area contributed by atoms with Crippen LogP contribution in [0.2, 0.25) is 0 Å². The molecular formula is C14H20N4O2. The van der Waals surface area contributed by atoms with Gasteiger partial charge in [0.15, 0.2) is 5.65 Å². The van der Waals surface area contributed by atoms with Crippen LogP contribution in [0.5, 0.6) is 0 Å². The summed E-state index contributed by atoms with van der Waals surface area (Å²) in [6.07, 6.45) is 3.30. The van der Waals surface area contributed by atoms with Gasteiger partial charge in [-0.1, -0.05) is 6.07 Å². The highest BCUT2D eigenvalue weighted by Gasteiger charge is 2.27. The molecule has 108 valence electrons. The minimum atomic E-state index is -0.531. The second-order valence-electron chi connectivity index (χ2n) is 5.77. The lowest BCUT2D eigenvalue weighted by molar-refractivity contribution is -0.00613. The molecule has 0 amide bonds. The molecule has 0 bridgehead atoms. The lowest BCUT2D eigenvalue weighted by Gasteiger charge is -2.35. The second-order valence-corrected chi connectivity index (χ2v) is 5.77. The molecule has 0 unspecified atom stereocenters. The maximum atomic E-state index is 12.1. The number of hydrogen-bond acceptors (Lipinski definition) is 4. The quantitative estimate of drug-likeness (QED) is 0.878. The number of piperidine rings is 1. The Bertz CT molecular complexity index is 648.